The van der Waals surface area contributed by atoms with E-state index in [1.807, 2.05) is 26.1 Å². The molecule has 2 aromatic rings. The zero-order chi connectivity index (χ0) is 15.5. The number of hydrogen-bond donors (Lipinski definition) is 2. The Hall–Kier alpha value is -2.41. The first-order valence-corrected chi connectivity index (χ1v) is 7.32. The van der Waals surface area contributed by atoms with E-state index in [1.54, 1.807) is 23.4 Å². The minimum atomic E-state index is -0.122. The van der Waals surface area contributed by atoms with Gasteiger partial charge in [0, 0.05) is 37.7 Å². The first-order chi connectivity index (χ1) is 10.6. The number of nitrogens with zero attached hydrogens (tertiary/aromatic N) is 4. The van der Waals surface area contributed by atoms with E-state index < -0.39 is 0 Å². The van der Waals surface area contributed by atoms with Crippen molar-refractivity contribution in [2.24, 2.45) is 0 Å². The largest absolute Gasteiger partial charge is 0.347 e. The van der Waals surface area contributed by atoms with Crippen molar-refractivity contribution in [3.63, 3.8) is 0 Å². The van der Waals surface area contributed by atoms with Crippen molar-refractivity contribution in [1.82, 2.24) is 24.8 Å². The number of carbonyl (C=O) groups excluding carboxylic acids is 1. The number of H-pyrrole nitrogens is 1. The average Bonchev–Trinajstić information content (AvgIpc) is 3.01. The summed E-state index contributed by atoms with van der Waals surface area (Å²) in [5, 5.41) is 2.86. The Morgan fingerprint density at radius 1 is 1.41 bits per heavy atom. The molecule has 0 bridgehead atoms. The first kappa shape index (κ1) is 14.5. The number of aromatic amines is 1. The summed E-state index contributed by atoms with van der Waals surface area (Å²) in [5.74, 6) is 1.46. The van der Waals surface area contributed by atoms with Gasteiger partial charge in [-0.2, -0.15) is 0 Å². The Morgan fingerprint density at radius 3 is 3.00 bits per heavy atom. The molecular formula is C15H20N6O. The first-order valence-electron chi connectivity index (χ1n) is 7.32. The summed E-state index contributed by atoms with van der Waals surface area (Å²) in [4.78, 5) is 28.2. The van der Waals surface area contributed by atoms with Crippen LogP contribution in [0, 0.1) is 6.92 Å². The van der Waals surface area contributed by atoms with Crippen LogP contribution in [0.3, 0.4) is 0 Å². The zero-order valence-corrected chi connectivity index (χ0v) is 12.8. The zero-order valence-electron chi connectivity index (χ0n) is 12.8. The van der Waals surface area contributed by atoms with E-state index in [0.717, 1.165) is 18.1 Å². The maximum Gasteiger partial charge on any atom is 0.323 e. The molecule has 2 amide bonds. The van der Waals surface area contributed by atoms with Gasteiger partial charge in [0.25, 0.3) is 0 Å². The molecule has 0 aliphatic carbocycles. The SMILES string of the molecule is Cc1cccc(NC(=O)N2CCN(C)C(c3ncc[nH]3)C2)n1. The predicted octanol–water partition coefficient (Wildman–Crippen LogP) is 1.63. The van der Waals surface area contributed by atoms with E-state index >= 15 is 0 Å². The minimum Gasteiger partial charge on any atom is -0.347 e. The van der Waals surface area contributed by atoms with E-state index in [0.29, 0.717) is 18.9 Å². The molecule has 22 heavy (non-hydrogen) atoms. The number of aromatic nitrogens is 3. The second-order valence-corrected chi connectivity index (χ2v) is 5.51. The lowest BCUT2D eigenvalue weighted by atomic mass is 10.1. The molecular weight excluding hydrogens is 280 g/mol. The number of rotatable bonds is 2. The van der Waals surface area contributed by atoms with E-state index in [1.165, 1.54) is 0 Å². The second kappa shape index (κ2) is 6.15. The molecule has 3 heterocycles. The van der Waals surface area contributed by atoms with Gasteiger partial charge in [0.15, 0.2) is 0 Å². The fraction of sp³-hybridized carbons (Fsp3) is 0.400. The van der Waals surface area contributed by atoms with E-state index in [-0.39, 0.29) is 12.1 Å². The molecule has 2 aromatic heterocycles. The molecule has 7 heteroatoms. The van der Waals surface area contributed by atoms with E-state index in [9.17, 15) is 4.79 Å². The highest BCUT2D eigenvalue weighted by molar-refractivity contribution is 5.88. The summed E-state index contributed by atoms with van der Waals surface area (Å²) in [6.07, 6.45) is 3.54. The van der Waals surface area contributed by atoms with Gasteiger partial charge in [0.1, 0.15) is 11.6 Å². The number of urea groups is 1. The molecule has 0 aromatic carbocycles. The topological polar surface area (TPSA) is 77.2 Å². The highest BCUT2D eigenvalue weighted by Crippen LogP contribution is 2.21. The number of pyridine rings is 1. The number of imidazole rings is 1. The molecule has 1 fully saturated rings. The smallest absolute Gasteiger partial charge is 0.323 e. The van der Waals surface area contributed by atoms with Crippen molar-refractivity contribution in [2.75, 3.05) is 32.0 Å². The Morgan fingerprint density at radius 2 is 2.27 bits per heavy atom. The summed E-state index contributed by atoms with van der Waals surface area (Å²) in [6, 6.07) is 5.54. The van der Waals surface area contributed by atoms with Crippen molar-refractivity contribution in [3.05, 3.63) is 42.1 Å². The molecule has 1 unspecified atom stereocenters. The highest BCUT2D eigenvalue weighted by Gasteiger charge is 2.30. The van der Waals surface area contributed by atoms with Gasteiger partial charge in [-0.25, -0.2) is 14.8 Å². The molecule has 0 saturated carbocycles. The maximum atomic E-state index is 12.4. The van der Waals surface area contributed by atoms with Crippen molar-refractivity contribution in [1.29, 1.82) is 0 Å². The third-order valence-electron chi connectivity index (χ3n) is 3.89. The number of nitrogens with one attached hydrogen (secondary N) is 2. The van der Waals surface area contributed by atoms with Gasteiger partial charge in [-0.05, 0) is 26.1 Å². The molecule has 7 nitrogen and oxygen atoms in total. The van der Waals surface area contributed by atoms with Crippen LogP contribution < -0.4 is 5.32 Å². The van der Waals surface area contributed by atoms with Gasteiger partial charge >= 0.3 is 6.03 Å². The summed E-state index contributed by atoms with van der Waals surface area (Å²) in [6.45, 7) is 3.99. The van der Waals surface area contributed by atoms with Crippen LogP contribution in [0.25, 0.3) is 0 Å². The fourth-order valence-corrected chi connectivity index (χ4v) is 2.61. The Kier molecular flexibility index (Phi) is 4.06. The van der Waals surface area contributed by atoms with Crippen molar-refractivity contribution < 1.29 is 4.79 Å². The van der Waals surface area contributed by atoms with Crippen LogP contribution >= 0.6 is 0 Å². The third-order valence-corrected chi connectivity index (χ3v) is 3.89. The van der Waals surface area contributed by atoms with Crippen LogP contribution in [0.1, 0.15) is 17.6 Å². The Balaban J connectivity index is 1.68. The molecule has 1 atom stereocenters. The van der Waals surface area contributed by atoms with Crippen molar-refractivity contribution in [2.45, 2.75) is 13.0 Å². The minimum absolute atomic E-state index is 0.0833. The lowest BCUT2D eigenvalue weighted by Crippen LogP contribution is -2.50. The fourth-order valence-electron chi connectivity index (χ4n) is 2.61. The number of hydrogen-bond acceptors (Lipinski definition) is 4. The number of anilines is 1. The van der Waals surface area contributed by atoms with Crippen LogP contribution in [-0.2, 0) is 0 Å². The van der Waals surface area contributed by atoms with Crippen LogP contribution in [0.2, 0.25) is 0 Å². The van der Waals surface area contributed by atoms with Crippen LogP contribution in [0.5, 0.6) is 0 Å². The van der Waals surface area contributed by atoms with Gasteiger partial charge in [-0.1, -0.05) is 6.07 Å². The van der Waals surface area contributed by atoms with E-state index in [2.05, 4.69) is 25.2 Å². The molecule has 3 rings (SSSR count). The van der Waals surface area contributed by atoms with Crippen LogP contribution in [0.4, 0.5) is 10.6 Å². The summed E-state index contributed by atoms with van der Waals surface area (Å²) >= 11 is 0. The van der Waals surface area contributed by atoms with E-state index in [4.69, 9.17) is 0 Å². The van der Waals surface area contributed by atoms with Gasteiger partial charge in [0.2, 0.25) is 0 Å². The lowest BCUT2D eigenvalue weighted by Gasteiger charge is -2.38. The number of carbonyl (C=O) groups is 1. The molecule has 1 aliphatic heterocycles. The standard InChI is InChI=1S/C15H20N6O/c1-11-4-3-5-13(18-11)19-15(22)21-9-8-20(2)12(10-21)14-16-6-7-17-14/h3-7,12H,8-10H2,1-2H3,(H,16,17)(H,18,19,22). The van der Waals surface area contributed by atoms with Crippen LogP contribution in [0.15, 0.2) is 30.6 Å². The van der Waals surface area contributed by atoms with Gasteiger partial charge < -0.3 is 9.88 Å². The Labute approximate surface area is 129 Å². The van der Waals surface area contributed by atoms with Crippen LogP contribution in [-0.4, -0.2) is 57.5 Å². The van der Waals surface area contributed by atoms with Gasteiger partial charge in [-0.3, -0.25) is 10.2 Å². The quantitative estimate of drug-likeness (QED) is 0.884. The average molecular weight is 300 g/mol. The van der Waals surface area contributed by atoms with Gasteiger partial charge in [-0.15, -0.1) is 0 Å². The molecule has 0 radical (unpaired) electrons. The van der Waals surface area contributed by atoms with Crippen molar-refractivity contribution in [3.8, 4) is 0 Å². The summed E-state index contributed by atoms with van der Waals surface area (Å²) in [7, 11) is 2.05. The molecule has 2 N–H and O–H groups in total. The maximum absolute atomic E-state index is 12.4. The number of likely N-dealkylation sites (N-methyl/N-ethyl adjacent to an activating group) is 1. The lowest BCUT2D eigenvalue weighted by molar-refractivity contribution is 0.112. The van der Waals surface area contributed by atoms with Gasteiger partial charge in [0.05, 0.1) is 6.04 Å². The molecule has 1 saturated heterocycles. The molecule has 0 spiro atoms. The number of piperazine rings is 1. The molecule has 116 valence electrons. The predicted molar refractivity (Wildman–Crippen MR) is 83.5 cm³/mol. The number of aryl methyl sites for hydroxylation is 1. The molecule has 1 aliphatic rings. The summed E-state index contributed by atoms with van der Waals surface area (Å²) < 4.78 is 0. The monoisotopic (exact) mass is 300 g/mol. The number of amides is 2. The highest BCUT2D eigenvalue weighted by atomic mass is 16.2. The Bertz CT molecular complexity index is 641. The summed E-state index contributed by atoms with van der Waals surface area (Å²) in [5.41, 5.74) is 0.879. The van der Waals surface area contributed by atoms with Crippen molar-refractivity contribution >= 4 is 11.8 Å². The normalized spacial score (nSPS) is 19.2. The third kappa shape index (κ3) is 3.09. The second-order valence-electron chi connectivity index (χ2n) is 5.51.